The molecule has 2 nitrogen and oxygen atoms in total. The van der Waals surface area contributed by atoms with Gasteiger partial charge in [-0.1, -0.05) is 17.7 Å². The van der Waals surface area contributed by atoms with E-state index < -0.39 is 10.8 Å². The summed E-state index contributed by atoms with van der Waals surface area (Å²) >= 11 is 0. The van der Waals surface area contributed by atoms with Crippen molar-refractivity contribution in [3.05, 3.63) is 34.4 Å². The molecule has 0 fully saturated rings. The predicted octanol–water partition coefficient (Wildman–Crippen LogP) is 3.16. The van der Waals surface area contributed by atoms with E-state index in [1.807, 2.05) is 20.8 Å². The van der Waals surface area contributed by atoms with Crippen LogP contribution in [0.25, 0.3) is 0 Å². The van der Waals surface area contributed by atoms with Gasteiger partial charge in [0, 0.05) is 27.3 Å². The van der Waals surface area contributed by atoms with Gasteiger partial charge in [-0.05, 0) is 58.2 Å². The maximum atomic E-state index is 12.2. The van der Waals surface area contributed by atoms with Crippen LogP contribution in [0.2, 0.25) is 0 Å². The summed E-state index contributed by atoms with van der Waals surface area (Å²) in [5, 5.41) is 0. The van der Waals surface area contributed by atoms with E-state index in [2.05, 4.69) is 32.9 Å². The largest absolute Gasteiger partial charge is 0.323 e. The molecule has 0 aliphatic heterocycles. The zero-order valence-electron chi connectivity index (χ0n) is 12.3. The summed E-state index contributed by atoms with van der Waals surface area (Å²) in [7, 11) is -0.915. The lowest BCUT2D eigenvalue weighted by atomic mass is 9.95. The van der Waals surface area contributed by atoms with Gasteiger partial charge in [0.25, 0.3) is 0 Å². The molecule has 1 aromatic carbocycles. The Labute approximate surface area is 113 Å². The second-order valence-corrected chi connectivity index (χ2v) is 8.29. The zero-order chi connectivity index (χ0) is 14.1. The number of nitrogens with two attached hydrogens (primary N) is 1. The maximum absolute atomic E-state index is 12.2. The Kier molecular flexibility index (Phi) is 4.73. The summed E-state index contributed by atoms with van der Waals surface area (Å²) in [6.07, 6.45) is 0. The molecule has 0 aliphatic carbocycles. The van der Waals surface area contributed by atoms with E-state index in [0.29, 0.717) is 5.75 Å². The Morgan fingerprint density at radius 1 is 1.17 bits per heavy atom. The van der Waals surface area contributed by atoms with Crippen LogP contribution in [0.1, 0.15) is 49.1 Å². The van der Waals surface area contributed by atoms with Crippen molar-refractivity contribution in [3.8, 4) is 0 Å². The van der Waals surface area contributed by atoms with Crippen molar-refractivity contribution in [2.75, 3.05) is 5.75 Å². The number of aryl methyl sites for hydroxylation is 3. The standard InChI is InChI=1S/C15H25NOS/c1-10-7-11(2)14(12(3)8-10)13(16)9-18(17)15(4,5)6/h7-8,13H,9,16H2,1-6H3. The molecule has 0 spiro atoms. The topological polar surface area (TPSA) is 43.1 Å². The summed E-state index contributed by atoms with van der Waals surface area (Å²) in [4.78, 5) is 0. The van der Waals surface area contributed by atoms with E-state index in [-0.39, 0.29) is 10.8 Å². The number of hydrogen-bond donors (Lipinski definition) is 1. The fourth-order valence-electron chi connectivity index (χ4n) is 2.27. The minimum Gasteiger partial charge on any atom is -0.323 e. The maximum Gasteiger partial charge on any atom is 0.0434 e. The summed E-state index contributed by atoms with van der Waals surface area (Å²) < 4.78 is 12.0. The lowest BCUT2D eigenvalue weighted by molar-refractivity contribution is 0.640. The SMILES string of the molecule is Cc1cc(C)c(C(N)CS(=O)C(C)(C)C)c(C)c1. The lowest BCUT2D eigenvalue weighted by Crippen LogP contribution is -2.30. The third-order valence-corrected chi connectivity index (χ3v) is 5.15. The van der Waals surface area contributed by atoms with Crippen LogP contribution >= 0.6 is 0 Å². The fraction of sp³-hybridized carbons (Fsp3) is 0.600. The van der Waals surface area contributed by atoms with Gasteiger partial charge in [-0.15, -0.1) is 0 Å². The molecule has 102 valence electrons. The first-order valence-electron chi connectivity index (χ1n) is 6.34. The molecule has 0 saturated heterocycles. The van der Waals surface area contributed by atoms with Gasteiger partial charge in [-0.25, -0.2) is 0 Å². The van der Waals surface area contributed by atoms with Crippen molar-refractivity contribution in [1.29, 1.82) is 0 Å². The minimum absolute atomic E-state index is 0.148. The fourth-order valence-corrected chi connectivity index (χ4v) is 3.27. The van der Waals surface area contributed by atoms with Crippen LogP contribution in [0.15, 0.2) is 12.1 Å². The van der Waals surface area contributed by atoms with Crippen LogP contribution in [0.3, 0.4) is 0 Å². The van der Waals surface area contributed by atoms with E-state index in [0.717, 1.165) is 5.56 Å². The first kappa shape index (κ1) is 15.4. The summed E-state index contributed by atoms with van der Waals surface area (Å²) in [6.45, 7) is 12.2. The predicted molar refractivity (Wildman–Crippen MR) is 80.3 cm³/mol. The highest BCUT2D eigenvalue weighted by molar-refractivity contribution is 7.86. The van der Waals surface area contributed by atoms with Crippen LogP contribution < -0.4 is 5.73 Å². The number of rotatable bonds is 3. The van der Waals surface area contributed by atoms with E-state index in [1.54, 1.807) is 0 Å². The molecule has 0 radical (unpaired) electrons. The van der Waals surface area contributed by atoms with Crippen LogP contribution in [0.4, 0.5) is 0 Å². The third kappa shape index (κ3) is 3.66. The van der Waals surface area contributed by atoms with Crippen molar-refractivity contribution < 1.29 is 4.21 Å². The van der Waals surface area contributed by atoms with Gasteiger partial charge >= 0.3 is 0 Å². The Morgan fingerprint density at radius 2 is 1.61 bits per heavy atom. The normalized spacial score (nSPS) is 15.5. The minimum atomic E-state index is -0.915. The van der Waals surface area contributed by atoms with Gasteiger partial charge in [-0.3, -0.25) is 4.21 Å². The molecule has 18 heavy (non-hydrogen) atoms. The van der Waals surface area contributed by atoms with E-state index in [1.165, 1.54) is 16.7 Å². The Hall–Kier alpha value is -0.670. The average Bonchev–Trinajstić information content (AvgIpc) is 2.13. The summed E-state index contributed by atoms with van der Waals surface area (Å²) in [6, 6.07) is 4.13. The molecule has 0 amide bonds. The summed E-state index contributed by atoms with van der Waals surface area (Å²) in [5.74, 6) is 0.522. The first-order chi connectivity index (χ1) is 8.12. The molecular formula is C15H25NOS. The molecule has 0 bridgehead atoms. The summed E-state index contributed by atoms with van der Waals surface area (Å²) in [5.41, 5.74) is 11.1. The number of hydrogen-bond acceptors (Lipinski definition) is 2. The molecule has 1 rings (SSSR count). The molecule has 0 aliphatic rings. The van der Waals surface area contributed by atoms with Crippen LogP contribution in [0.5, 0.6) is 0 Å². The molecular weight excluding hydrogens is 242 g/mol. The van der Waals surface area contributed by atoms with Gasteiger partial charge in [0.1, 0.15) is 0 Å². The zero-order valence-corrected chi connectivity index (χ0v) is 13.1. The van der Waals surface area contributed by atoms with Gasteiger partial charge < -0.3 is 5.73 Å². The number of benzene rings is 1. The first-order valence-corrected chi connectivity index (χ1v) is 7.66. The van der Waals surface area contributed by atoms with Crippen molar-refractivity contribution in [1.82, 2.24) is 0 Å². The smallest absolute Gasteiger partial charge is 0.0434 e. The monoisotopic (exact) mass is 267 g/mol. The average molecular weight is 267 g/mol. The van der Waals surface area contributed by atoms with Gasteiger partial charge in [0.15, 0.2) is 0 Å². The van der Waals surface area contributed by atoms with Crippen LogP contribution in [-0.2, 0) is 10.8 Å². The molecule has 0 aromatic heterocycles. The highest BCUT2D eigenvalue weighted by Gasteiger charge is 2.23. The lowest BCUT2D eigenvalue weighted by Gasteiger charge is -2.23. The Bertz CT molecular complexity index is 437. The van der Waals surface area contributed by atoms with Gasteiger partial charge in [-0.2, -0.15) is 0 Å². The molecule has 1 aromatic rings. The van der Waals surface area contributed by atoms with Crippen molar-refractivity contribution >= 4 is 10.8 Å². The van der Waals surface area contributed by atoms with Crippen LogP contribution in [0, 0.1) is 20.8 Å². The van der Waals surface area contributed by atoms with E-state index in [4.69, 9.17) is 5.73 Å². The highest BCUT2D eigenvalue weighted by Crippen LogP contribution is 2.24. The Balaban J connectivity index is 2.99. The van der Waals surface area contributed by atoms with Gasteiger partial charge in [0.05, 0.1) is 0 Å². The quantitative estimate of drug-likeness (QED) is 0.914. The van der Waals surface area contributed by atoms with Crippen LogP contribution in [-0.4, -0.2) is 14.7 Å². The molecule has 2 atom stereocenters. The van der Waals surface area contributed by atoms with Crippen molar-refractivity contribution in [2.45, 2.75) is 52.3 Å². The molecule has 2 unspecified atom stereocenters. The van der Waals surface area contributed by atoms with E-state index >= 15 is 0 Å². The molecule has 2 N–H and O–H groups in total. The Morgan fingerprint density at radius 3 is 2.00 bits per heavy atom. The van der Waals surface area contributed by atoms with Crippen molar-refractivity contribution in [3.63, 3.8) is 0 Å². The second-order valence-electron chi connectivity index (χ2n) is 6.04. The molecule has 0 heterocycles. The second kappa shape index (κ2) is 5.54. The highest BCUT2D eigenvalue weighted by atomic mass is 32.2. The van der Waals surface area contributed by atoms with Crippen molar-refractivity contribution in [2.24, 2.45) is 5.73 Å². The van der Waals surface area contributed by atoms with E-state index in [9.17, 15) is 4.21 Å². The third-order valence-electron chi connectivity index (χ3n) is 3.12. The molecule has 3 heteroatoms. The van der Waals surface area contributed by atoms with Gasteiger partial charge in [0.2, 0.25) is 0 Å². The molecule has 0 saturated carbocycles.